The fourth-order valence-corrected chi connectivity index (χ4v) is 4.64. The van der Waals surface area contributed by atoms with Gasteiger partial charge < -0.3 is 9.55 Å². The van der Waals surface area contributed by atoms with Crippen LogP contribution in [-0.4, -0.2) is 22.5 Å². The zero-order valence-corrected chi connectivity index (χ0v) is 21.0. The van der Waals surface area contributed by atoms with Gasteiger partial charge in [0.2, 0.25) is 0 Å². The van der Waals surface area contributed by atoms with Crippen molar-refractivity contribution < 1.29 is 13.0 Å². The number of hydrogen-bond acceptors (Lipinski definition) is 3. The second-order valence-corrected chi connectivity index (χ2v) is 9.99. The number of pyridine rings is 1. The number of hydrogen-bond donors (Lipinski definition) is 2. The lowest BCUT2D eigenvalue weighted by molar-refractivity contribution is 0.482. The second kappa shape index (κ2) is 11.8. The van der Waals surface area contributed by atoms with Gasteiger partial charge >= 0.3 is 0 Å². The third-order valence-electron chi connectivity index (χ3n) is 5.84. The Hall–Kier alpha value is -3.42. The highest BCUT2D eigenvalue weighted by Crippen LogP contribution is 2.24. The second-order valence-electron chi connectivity index (χ2n) is 8.54. The average molecular weight is 493 g/mol. The maximum absolute atomic E-state index is 11.6. The first-order chi connectivity index (χ1) is 16.7. The first-order valence-electron chi connectivity index (χ1n) is 11.7. The van der Waals surface area contributed by atoms with Gasteiger partial charge in [-0.25, -0.2) is 0 Å². The summed E-state index contributed by atoms with van der Waals surface area (Å²) in [6.07, 6.45) is 7.24. The maximum Gasteiger partial charge on any atom is 0.272 e. The smallest absolute Gasteiger partial charge is 0.272 e. The Morgan fingerprint density at radius 1 is 1.03 bits per heavy atom. The molecular weight excluding hydrogens is 460 g/mol. The van der Waals surface area contributed by atoms with Crippen molar-refractivity contribution in [1.82, 2.24) is 9.55 Å². The van der Waals surface area contributed by atoms with Crippen LogP contribution >= 0.6 is 0 Å². The average Bonchev–Trinajstić information content (AvgIpc) is 3.25. The van der Waals surface area contributed by atoms with Gasteiger partial charge in [0.15, 0.2) is 0 Å². The number of H-pyrrole nitrogens is 1. The van der Waals surface area contributed by atoms with Crippen LogP contribution in [0.1, 0.15) is 48.4 Å². The van der Waals surface area contributed by atoms with E-state index < -0.39 is 10.1 Å². The molecule has 2 N–H and O–H groups in total. The van der Waals surface area contributed by atoms with Gasteiger partial charge in [-0.1, -0.05) is 74.9 Å². The molecule has 6 nitrogen and oxygen atoms in total. The van der Waals surface area contributed by atoms with Gasteiger partial charge in [-0.05, 0) is 53.3 Å². The standard InChI is InChI=1S/C16H16O3S.C12H16N2O/c1-12-10-15(8-9-16(12)11-20(17,18)19)13(2)14-6-4-3-5-7-14;1-2-3-4-8-14-9-6-10-5-7-13-12(15)11(10)14/h3-10H,2,11H2,1H3,(H,17,18,19);5-7,9H,2-4,8H2,1H3,(H,13,15). The van der Waals surface area contributed by atoms with E-state index in [0.717, 1.165) is 46.1 Å². The van der Waals surface area contributed by atoms with Crippen molar-refractivity contribution in [3.8, 4) is 0 Å². The van der Waals surface area contributed by atoms with Crippen LogP contribution in [0.15, 0.2) is 84.4 Å². The fraction of sp³-hybridized carbons (Fsp3) is 0.250. The Labute approximate surface area is 206 Å². The molecule has 0 spiro atoms. The topological polar surface area (TPSA) is 92.2 Å². The molecular formula is C28H32N2O4S. The predicted molar refractivity (Wildman–Crippen MR) is 143 cm³/mol. The number of nitrogens with zero attached hydrogens (tertiary/aromatic N) is 1. The van der Waals surface area contributed by atoms with Crippen LogP contribution in [-0.2, 0) is 22.4 Å². The zero-order valence-electron chi connectivity index (χ0n) is 20.2. The van der Waals surface area contributed by atoms with Crippen molar-refractivity contribution in [3.05, 3.63) is 112 Å². The van der Waals surface area contributed by atoms with Gasteiger partial charge in [0.25, 0.3) is 15.7 Å². The Kier molecular flexibility index (Phi) is 8.84. The summed E-state index contributed by atoms with van der Waals surface area (Å²) in [5.41, 5.74) is 5.06. The van der Waals surface area contributed by atoms with Crippen molar-refractivity contribution in [3.63, 3.8) is 0 Å². The van der Waals surface area contributed by atoms with E-state index in [2.05, 4.69) is 18.5 Å². The fourth-order valence-electron chi connectivity index (χ4n) is 3.93. The normalized spacial score (nSPS) is 11.2. The lowest BCUT2D eigenvalue weighted by Crippen LogP contribution is -2.10. The molecule has 0 aliphatic rings. The minimum Gasteiger partial charge on any atom is -0.343 e. The Balaban J connectivity index is 0.000000203. The lowest BCUT2D eigenvalue weighted by Gasteiger charge is -2.10. The molecule has 0 aliphatic carbocycles. The highest BCUT2D eigenvalue weighted by atomic mass is 32.2. The van der Waals surface area contributed by atoms with E-state index in [4.69, 9.17) is 4.55 Å². The molecule has 0 saturated carbocycles. The van der Waals surface area contributed by atoms with Crippen LogP contribution < -0.4 is 5.56 Å². The van der Waals surface area contributed by atoms with Crippen LogP contribution in [0.3, 0.4) is 0 Å². The lowest BCUT2D eigenvalue weighted by atomic mass is 9.96. The van der Waals surface area contributed by atoms with Gasteiger partial charge in [0.05, 0.1) is 0 Å². The molecule has 0 atom stereocenters. The number of fused-ring (bicyclic) bond motifs is 1. The van der Waals surface area contributed by atoms with Gasteiger partial charge in [-0.15, -0.1) is 0 Å². The number of rotatable bonds is 8. The van der Waals surface area contributed by atoms with E-state index in [1.165, 1.54) is 12.8 Å². The van der Waals surface area contributed by atoms with Crippen molar-refractivity contribution in [2.45, 2.75) is 45.4 Å². The summed E-state index contributed by atoms with van der Waals surface area (Å²) >= 11 is 0. The molecule has 2 aromatic heterocycles. The molecule has 2 aromatic carbocycles. The summed E-state index contributed by atoms with van der Waals surface area (Å²) in [6, 6.07) is 19.1. The van der Waals surface area contributed by atoms with E-state index in [-0.39, 0.29) is 11.3 Å². The molecule has 2 heterocycles. The predicted octanol–water partition coefficient (Wildman–Crippen LogP) is 5.96. The minimum absolute atomic E-state index is 0.00833. The molecule has 4 aromatic rings. The highest BCUT2D eigenvalue weighted by Gasteiger charge is 2.11. The number of aryl methyl sites for hydroxylation is 2. The molecule has 0 aliphatic heterocycles. The number of unbranched alkanes of at least 4 members (excludes halogenated alkanes) is 2. The number of benzene rings is 2. The molecule has 0 bridgehead atoms. The van der Waals surface area contributed by atoms with Crippen molar-refractivity contribution in [1.29, 1.82) is 0 Å². The molecule has 4 rings (SSSR count). The van der Waals surface area contributed by atoms with Crippen LogP contribution in [0.5, 0.6) is 0 Å². The molecule has 35 heavy (non-hydrogen) atoms. The van der Waals surface area contributed by atoms with Gasteiger partial charge in [-0.3, -0.25) is 9.35 Å². The molecule has 0 fully saturated rings. The molecule has 0 saturated heterocycles. The maximum atomic E-state index is 11.6. The van der Waals surface area contributed by atoms with Gasteiger partial charge in [0, 0.05) is 24.3 Å². The Morgan fingerprint density at radius 3 is 2.43 bits per heavy atom. The molecule has 0 amide bonds. The van der Waals surface area contributed by atoms with Crippen molar-refractivity contribution in [2.75, 3.05) is 0 Å². The highest BCUT2D eigenvalue weighted by molar-refractivity contribution is 7.85. The molecule has 0 radical (unpaired) electrons. The quantitative estimate of drug-likeness (QED) is 0.234. The Morgan fingerprint density at radius 2 is 1.77 bits per heavy atom. The van der Waals surface area contributed by atoms with Crippen LogP contribution in [0.25, 0.3) is 16.5 Å². The molecule has 184 valence electrons. The van der Waals surface area contributed by atoms with E-state index >= 15 is 0 Å². The zero-order chi connectivity index (χ0) is 25.4. The van der Waals surface area contributed by atoms with E-state index in [0.29, 0.717) is 5.56 Å². The summed E-state index contributed by atoms with van der Waals surface area (Å²) in [6.45, 7) is 9.01. The van der Waals surface area contributed by atoms with E-state index in [1.54, 1.807) is 12.3 Å². The summed E-state index contributed by atoms with van der Waals surface area (Å²) in [7, 11) is -4.01. The van der Waals surface area contributed by atoms with Crippen LogP contribution in [0, 0.1) is 6.92 Å². The van der Waals surface area contributed by atoms with Crippen LogP contribution in [0.4, 0.5) is 0 Å². The third-order valence-corrected chi connectivity index (χ3v) is 6.52. The third kappa shape index (κ3) is 7.28. The minimum atomic E-state index is -4.01. The van der Waals surface area contributed by atoms with Gasteiger partial charge in [0.1, 0.15) is 11.3 Å². The first-order valence-corrected chi connectivity index (χ1v) is 13.3. The first kappa shape index (κ1) is 26.2. The van der Waals surface area contributed by atoms with Crippen LogP contribution in [0.2, 0.25) is 0 Å². The molecule has 7 heteroatoms. The number of nitrogens with one attached hydrogen (secondary N) is 1. The summed E-state index contributed by atoms with van der Waals surface area (Å²) in [5.74, 6) is -0.364. The molecule has 0 unspecified atom stereocenters. The largest absolute Gasteiger partial charge is 0.343 e. The van der Waals surface area contributed by atoms with E-state index in [1.807, 2.05) is 72.3 Å². The SMILES string of the molecule is C=C(c1ccccc1)c1ccc(CS(=O)(=O)O)c(C)c1.CCCCCn1ccc2cc[nH]c(=O)c21. The Bertz CT molecular complexity index is 1450. The van der Waals surface area contributed by atoms with Crippen molar-refractivity contribution >= 4 is 26.6 Å². The number of aromatic nitrogens is 2. The summed E-state index contributed by atoms with van der Waals surface area (Å²) in [4.78, 5) is 14.3. The summed E-state index contributed by atoms with van der Waals surface area (Å²) < 4.78 is 32.8. The van der Waals surface area contributed by atoms with Crippen molar-refractivity contribution in [2.24, 2.45) is 0 Å². The van der Waals surface area contributed by atoms with E-state index in [9.17, 15) is 13.2 Å². The monoisotopic (exact) mass is 492 g/mol. The summed E-state index contributed by atoms with van der Waals surface area (Å²) in [5, 5.41) is 1.02. The number of aromatic amines is 1. The van der Waals surface area contributed by atoms with Gasteiger partial charge in [-0.2, -0.15) is 8.42 Å².